The van der Waals surface area contributed by atoms with Crippen LogP contribution in [-0.2, 0) is 77.5 Å². The summed E-state index contributed by atoms with van der Waals surface area (Å²) in [6, 6.07) is 16.5. The van der Waals surface area contributed by atoms with E-state index in [9.17, 15) is 29.4 Å². The Kier molecular flexibility index (Phi) is 20.9. The number of aryl methyl sites for hydroxylation is 7. The van der Waals surface area contributed by atoms with Crippen LogP contribution < -0.4 is 16.0 Å². The first kappa shape index (κ1) is 58.6. The molecule has 5 N–H and O–H groups in total. The molecular weight excluding hydrogens is 1070 g/mol. The van der Waals surface area contributed by atoms with E-state index in [0.29, 0.717) is 55.6 Å². The van der Waals surface area contributed by atoms with Crippen LogP contribution in [0, 0.1) is 0 Å². The first-order chi connectivity index (χ1) is 36.8. The van der Waals surface area contributed by atoms with Crippen molar-refractivity contribution < 1.29 is 38.9 Å². The van der Waals surface area contributed by atoms with Gasteiger partial charge in [0.05, 0.1) is 62.0 Å². The van der Waals surface area contributed by atoms with Crippen molar-refractivity contribution >= 4 is 76.0 Å². The molecule has 17 nitrogen and oxygen atoms in total. The van der Waals surface area contributed by atoms with E-state index in [4.69, 9.17) is 70.9 Å². The number of benzene rings is 2. The molecule has 0 radical (unpaired) electrons. The van der Waals surface area contributed by atoms with Gasteiger partial charge in [-0.3, -0.25) is 33.5 Å². The zero-order valence-electron chi connectivity index (χ0n) is 43.6. The Morgan fingerprint density at radius 3 is 1.78 bits per heavy atom. The summed E-state index contributed by atoms with van der Waals surface area (Å²) < 4.78 is 14.2. The summed E-state index contributed by atoms with van der Waals surface area (Å²) in [5.74, 6) is -1.55. The van der Waals surface area contributed by atoms with Crippen molar-refractivity contribution in [1.82, 2.24) is 40.2 Å². The summed E-state index contributed by atoms with van der Waals surface area (Å²) in [5.41, 5.74) is 7.83. The predicted molar refractivity (Wildman–Crippen MR) is 296 cm³/mol. The molecule has 4 aromatic heterocycles. The number of halogens is 4. The lowest BCUT2D eigenvalue weighted by Crippen LogP contribution is -2.31. The second-order valence-corrected chi connectivity index (χ2v) is 21.8. The van der Waals surface area contributed by atoms with Gasteiger partial charge in [-0.05, 0) is 156 Å². The molecule has 8 rings (SSSR count). The van der Waals surface area contributed by atoms with Gasteiger partial charge in [-0.2, -0.15) is 10.2 Å². The van der Waals surface area contributed by atoms with Crippen molar-refractivity contribution in [3.63, 3.8) is 0 Å². The number of anilines is 1. The largest absolute Gasteiger partial charge is 0.481 e. The maximum Gasteiger partial charge on any atom is 0.307 e. The van der Waals surface area contributed by atoms with Crippen LogP contribution >= 0.6 is 46.4 Å². The van der Waals surface area contributed by atoms with E-state index in [1.807, 2.05) is 26.8 Å². The zero-order valence-corrected chi connectivity index (χ0v) is 46.7. The molecule has 2 aliphatic rings. The number of hydrogen-bond acceptors (Lipinski definition) is 12. The standard InChI is InChI=1S/C31H38Cl2N4O4.C25H27Cl2N5O4/c1-31(2,3)41-19-28-25(30(39)35-27(17-29(38)40-4)21-14-22(32)16-23(33)15-21)18-37(36-28)13-7-9-24-12-11-20-8-5-6-10-26(20)34-24;26-17-9-16(10-18(27)11-17)21(12-23(34)35)30-25(36)20-13-32(31-22(20)14-33)8-2-4-19-6-5-15-3-1-7-28-24(15)29-19/h11-12,14-16,18,27H,5-10,13,17,19H2,1-4H3,(H,35,39);5-6,9-11,13,21,33H,1-4,7-8,12,14H2,(H,28,29)(H,30,36)(H,34,35). The number of aromatic nitrogens is 6. The Morgan fingerprint density at radius 2 is 1.22 bits per heavy atom. The average Bonchev–Trinajstić information content (AvgIpc) is 4.01. The number of carbonyl (C=O) groups excluding carboxylic acids is 3. The second kappa shape index (κ2) is 27.5. The molecule has 0 fully saturated rings. The van der Waals surface area contributed by atoms with Crippen LogP contribution in [0.4, 0.5) is 5.82 Å². The number of aliphatic carboxylic acids is 1. The molecule has 0 bridgehead atoms. The minimum Gasteiger partial charge on any atom is -0.481 e. The lowest BCUT2D eigenvalue weighted by atomic mass is 9.95. The number of carbonyl (C=O) groups is 4. The normalized spacial score (nSPS) is 13.7. The van der Waals surface area contributed by atoms with E-state index in [2.05, 4.69) is 39.2 Å². The number of ether oxygens (including phenoxy) is 2. The predicted octanol–water partition coefficient (Wildman–Crippen LogP) is 10.5. The lowest BCUT2D eigenvalue weighted by molar-refractivity contribution is -0.141. The minimum atomic E-state index is -1.10. The molecule has 0 saturated heterocycles. The topological polar surface area (TPSA) is 225 Å². The van der Waals surface area contributed by atoms with E-state index in [0.717, 1.165) is 75.1 Å². The van der Waals surface area contributed by atoms with Gasteiger partial charge in [-0.1, -0.05) is 58.5 Å². The third-order valence-corrected chi connectivity index (χ3v) is 13.8. The van der Waals surface area contributed by atoms with Gasteiger partial charge in [0, 0.05) is 69.2 Å². The molecule has 2 atom stereocenters. The zero-order chi connectivity index (χ0) is 55.2. The van der Waals surface area contributed by atoms with E-state index >= 15 is 0 Å². The van der Waals surface area contributed by atoms with Crippen molar-refractivity contribution in [2.45, 2.75) is 142 Å². The van der Waals surface area contributed by atoms with Gasteiger partial charge in [0.25, 0.3) is 11.8 Å². The van der Waals surface area contributed by atoms with Gasteiger partial charge in [0.15, 0.2) is 0 Å². The summed E-state index contributed by atoms with van der Waals surface area (Å²) in [6.45, 7) is 7.65. The summed E-state index contributed by atoms with van der Waals surface area (Å²) in [6.07, 6.45) is 12.7. The first-order valence-electron chi connectivity index (χ1n) is 25.7. The van der Waals surface area contributed by atoms with Crippen molar-refractivity contribution in [3.05, 3.63) is 155 Å². The Bertz CT molecular complexity index is 3010. The average molecular weight is 1130 g/mol. The SMILES string of the molecule is COC(=O)CC(NC(=O)c1cn(CCCc2ccc3c(n2)CCCC3)nc1COC(C)(C)C)c1cc(Cl)cc(Cl)c1.O=C(O)CC(NC(=O)c1cn(CCCc2ccc3c(n2)NCCC3)nc1CO)c1cc(Cl)cc(Cl)c1. The van der Waals surface area contributed by atoms with E-state index in [1.165, 1.54) is 42.8 Å². The van der Waals surface area contributed by atoms with Gasteiger partial charge < -0.3 is 35.6 Å². The second-order valence-electron chi connectivity index (χ2n) is 20.1. The summed E-state index contributed by atoms with van der Waals surface area (Å²) in [4.78, 5) is 59.9. The number of pyridine rings is 2. The third kappa shape index (κ3) is 17.5. The molecule has 1 aliphatic carbocycles. The summed E-state index contributed by atoms with van der Waals surface area (Å²) >= 11 is 24.5. The number of nitrogens with one attached hydrogen (secondary N) is 3. The molecule has 410 valence electrons. The molecular formula is C56H65Cl4N9O8. The highest BCUT2D eigenvalue weighted by molar-refractivity contribution is 6.35. The van der Waals surface area contributed by atoms with Crippen LogP contribution in [0.1, 0.15) is 149 Å². The maximum absolute atomic E-state index is 13.6. The summed E-state index contributed by atoms with van der Waals surface area (Å²) in [7, 11) is 1.30. The quantitative estimate of drug-likeness (QED) is 0.0424. The maximum atomic E-state index is 13.6. The fourth-order valence-corrected chi connectivity index (χ4v) is 10.2. The Balaban J connectivity index is 0.000000225. The van der Waals surface area contributed by atoms with Gasteiger partial charge in [-0.15, -0.1) is 0 Å². The number of methoxy groups -OCH3 is 1. The van der Waals surface area contributed by atoms with Crippen molar-refractivity contribution in [2.75, 3.05) is 19.0 Å². The fraction of sp³-hybridized carbons (Fsp3) is 0.429. The number of aliphatic hydroxyl groups excluding tert-OH is 1. The Morgan fingerprint density at radius 1 is 0.701 bits per heavy atom. The minimum absolute atomic E-state index is 0.0886. The number of esters is 1. The van der Waals surface area contributed by atoms with Gasteiger partial charge in [-0.25, -0.2) is 4.98 Å². The van der Waals surface area contributed by atoms with Crippen LogP contribution in [0.25, 0.3) is 0 Å². The molecule has 0 saturated carbocycles. The molecule has 2 aromatic carbocycles. The number of fused-ring (bicyclic) bond motifs is 2. The van der Waals surface area contributed by atoms with Gasteiger partial charge in [0.1, 0.15) is 17.2 Å². The van der Waals surface area contributed by atoms with E-state index in [-0.39, 0.29) is 36.6 Å². The Labute approximate surface area is 468 Å². The highest BCUT2D eigenvalue weighted by atomic mass is 35.5. The van der Waals surface area contributed by atoms with Crippen LogP contribution in [0.5, 0.6) is 0 Å². The smallest absolute Gasteiger partial charge is 0.307 e. The van der Waals surface area contributed by atoms with Crippen LogP contribution in [-0.4, -0.2) is 82.8 Å². The van der Waals surface area contributed by atoms with E-state index < -0.39 is 42.1 Å². The highest BCUT2D eigenvalue weighted by Crippen LogP contribution is 2.29. The number of hydrogen-bond donors (Lipinski definition) is 5. The number of carboxylic acid groups (broad SMARTS) is 1. The molecule has 2 unspecified atom stereocenters. The number of rotatable bonds is 21. The van der Waals surface area contributed by atoms with Crippen LogP contribution in [0.3, 0.4) is 0 Å². The lowest BCUT2D eigenvalue weighted by Gasteiger charge is -2.20. The number of nitrogens with zero attached hydrogens (tertiary/aromatic N) is 6. The third-order valence-electron chi connectivity index (χ3n) is 12.9. The van der Waals surface area contributed by atoms with Gasteiger partial charge in [0.2, 0.25) is 0 Å². The number of amides is 2. The van der Waals surface area contributed by atoms with Crippen molar-refractivity contribution in [2.24, 2.45) is 0 Å². The molecule has 1 aliphatic heterocycles. The monoisotopic (exact) mass is 1130 g/mol. The number of aliphatic hydroxyl groups is 1. The van der Waals surface area contributed by atoms with Crippen molar-refractivity contribution in [1.29, 1.82) is 0 Å². The van der Waals surface area contributed by atoms with Gasteiger partial charge >= 0.3 is 11.9 Å². The molecule has 21 heteroatoms. The Hall–Kier alpha value is -6.08. The van der Waals surface area contributed by atoms with Crippen LogP contribution in [0.15, 0.2) is 73.1 Å². The summed E-state index contributed by atoms with van der Waals surface area (Å²) in [5, 5.41) is 38.6. The molecule has 6 aromatic rings. The van der Waals surface area contributed by atoms with Crippen molar-refractivity contribution in [3.8, 4) is 0 Å². The highest BCUT2D eigenvalue weighted by Gasteiger charge is 2.27. The molecule has 2 amide bonds. The van der Waals surface area contributed by atoms with Crippen LogP contribution in [0.2, 0.25) is 20.1 Å². The number of carboxylic acids is 1. The first-order valence-corrected chi connectivity index (χ1v) is 27.2. The molecule has 0 spiro atoms. The molecule has 77 heavy (non-hydrogen) atoms. The molecule has 5 heterocycles. The fourth-order valence-electron chi connectivity index (χ4n) is 9.11. The van der Waals surface area contributed by atoms with E-state index in [1.54, 1.807) is 52.1 Å².